The summed E-state index contributed by atoms with van der Waals surface area (Å²) in [5, 5.41) is 42.3. The lowest BCUT2D eigenvalue weighted by molar-refractivity contribution is -0.139. The number of carboxylic acids is 1. The normalized spacial score (nSPS) is 14.5. The van der Waals surface area contributed by atoms with E-state index in [2.05, 4.69) is 45.6 Å². The molecule has 2 heterocycles. The summed E-state index contributed by atoms with van der Waals surface area (Å²) >= 11 is 6.78. The molecule has 2 atom stereocenters. The van der Waals surface area contributed by atoms with Crippen molar-refractivity contribution in [2.24, 2.45) is 5.73 Å². The number of carbonyl (C=O) groups is 1. The van der Waals surface area contributed by atoms with Gasteiger partial charge in [0.1, 0.15) is 42.6 Å². The van der Waals surface area contributed by atoms with Crippen LogP contribution in [0, 0.1) is 23.7 Å². The maximum absolute atomic E-state index is 12.0. The Morgan fingerprint density at radius 3 is 2.67 bits per heavy atom. The first-order valence-corrected chi connectivity index (χ1v) is 18.7. The van der Waals surface area contributed by atoms with Crippen LogP contribution in [0.1, 0.15) is 53.5 Å². The fraction of sp³-hybridized carbons (Fsp3) is 0.366. The van der Waals surface area contributed by atoms with Crippen LogP contribution in [0.3, 0.4) is 0 Å². The van der Waals surface area contributed by atoms with Crippen LogP contribution in [0.4, 0.5) is 0 Å². The zero-order chi connectivity index (χ0) is 39.2. The van der Waals surface area contributed by atoms with Crippen LogP contribution >= 0.6 is 11.6 Å². The number of hydrogen-bond donors (Lipinski definition) is 6. The summed E-state index contributed by atoms with van der Waals surface area (Å²) in [4.78, 5) is 18.4. The first-order chi connectivity index (χ1) is 26.6. The van der Waals surface area contributed by atoms with Crippen molar-refractivity contribution in [1.29, 1.82) is 10.7 Å². The standard InChI is InChI=1S/C41H48ClN7O6/c1-27-31(7-3-9-35(27)30-6-2-8-34(17-30)53-15-5-13-49-14-11-33(50)24-49)26-55-39-19-38(54-25-29-16-28(20-43)21-46-22-29)32(18-36(39)42)23-48-37(40(51)52)10-4-12-47-41(44)45/h2-3,6-9,16-19,21-22,33,37,48,50H,4-5,10-15,23-26H2,1H3,(H,51,52)(H4,44,45,47)/t33-,37?/m1/s1. The first-order valence-electron chi connectivity index (χ1n) is 18.3. The minimum Gasteiger partial charge on any atom is -0.494 e. The molecule has 55 heavy (non-hydrogen) atoms. The number of aliphatic hydroxyl groups is 1. The van der Waals surface area contributed by atoms with Crippen molar-refractivity contribution in [3.63, 3.8) is 0 Å². The minimum absolute atomic E-state index is 0.0994. The number of pyridine rings is 1. The zero-order valence-corrected chi connectivity index (χ0v) is 31.6. The second-order valence-corrected chi connectivity index (χ2v) is 13.9. The Bertz CT molecular complexity index is 1970. The highest BCUT2D eigenvalue weighted by Crippen LogP contribution is 2.35. The Balaban J connectivity index is 1.28. The molecule has 1 saturated heterocycles. The highest BCUT2D eigenvalue weighted by atomic mass is 35.5. The Morgan fingerprint density at radius 1 is 1.09 bits per heavy atom. The molecular formula is C41H48ClN7O6. The molecule has 290 valence electrons. The van der Waals surface area contributed by atoms with Crippen molar-refractivity contribution < 1.29 is 29.2 Å². The molecule has 0 aliphatic carbocycles. The molecule has 4 aromatic rings. The van der Waals surface area contributed by atoms with E-state index in [9.17, 15) is 20.3 Å². The number of carboxylic acid groups (broad SMARTS) is 1. The molecule has 13 nitrogen and oxygen atoms in total. The van der Waals surface area contributed by atoms with E-state index in [-0.39, 0.29) is 31.8 Å². The van der Waals surface area contributed by atoms with Crippen molar-refractivity contribution in [2.75, 3.05) is 32.8 Å². The fourth-order valence-electron chi connectivity index (χ4n) is 6.38. The second kappa shape index (κ2) is 20.3. The number of guanidine groups is 1. The van der Waals surface area contributed by atoms with Crippen LogP contribution in [0.15, 0.2) is 73.1 Å². The molecule has 5 rings (SSSR count). The molecule has 7 N–H and O–H groups in total. The molecule has 0 radical (unpaired) electrons. The minimum atomic E-state index is -1.01. The van der Waals surface area contributed by atoms with E-state index in [4.69, 9.17) is 37.0 Å². The van der Waals surface area contributed by atoms with Gasteiger partial charge >= 0.3 is 5.97 Å². The molecule has 3 aromatic carbocycles. The van der Waals surface area contributed by atoms with E-state index in [1.54, 1.807) is 24.4 Å². The maximum atomic E-state index is 12.0. The third-order valence-corrected chi connectivity index (χ3v) is 9.66. The van der Waals surface area contributed by atoms with Gasteiger partial charge in [0.15, 0.2) is 5.96 Å². The average molecular weight is 770 g/mol. The monoisotopic (exact) mass is 769 g/mol. The third kappa shape index (κ3) is 12.3. The lowest BCUT2D eigenvalue weighted by Crippen LogP contribution is -2.37. The molecular weight excluding hydrogens is 722 g/mol. The average Bonchev–Trinajstić information content (AvgIpc) is 3.60. The summed E-state index contributed by atoms with van der Waals surface area (Å²) in [6.45, 7) is 6.03. The number of likely N-dealkylation sites (tertiary alicyclic amines) is 1. The largest absolute Gasteiger partial charge is 0.494 e. The number of nitrogens with zero attached hydrogens (tertiary/aromatic N) is 3. The van der Waals surface area contributed by atoms with Gasteiger partial charge in [-0.3, -0.25) is 15.2 Å². The molecule has 0 amide bonds. The van der Waals surface area contributed by atoms with Gasteiger partial charge in [-0.2, -0.15) is 5.26 Å². The summed E-state index contributed by atoms with van der Waals surface area (Å²) < 4.78 is 18.6. The van der Waals surface area contributed by atoms with Crippen molar-refractivity contribution in [2.45, 2.75) is 64.5 Å². The Labute approximate surface area is 326 Å². The van der Waals surface area contributed by atoms with Crippen molar-refractivity contribution in [1.82, 2.24) is 20.5 Å². The van der Waals surface area contributed by atoms with Crippen LogP contribution in [0.5, 0.6) is 17.2 Å². The lowest BCUT2D eigenvalue weighted by atomic mass is 9.96. The number of nitrogens with one attached hydrogen (secondary N) is 3. The number of nitrogens with two attached hydrogens (primary N) is 1. The molecule has 1 unspecified atom stereocenters. The van der Waals surface area contributed by atoms with Crippen LogP contribution in [-0.4, -0.2) is 77.0 Å². The van der Waals surface area contributed by atoms with Gasteiger partial charge in [0.2, 0.25) is 0 Å². The van der Waals surface area contributed by atoms with Crippen LogP contribution in [0.2, 0.25) is 5.02 Å². The molecule has 1 fully saturated rings. The number of halogens is 1. The third-order valence-electron chi connectivity index (χ3n) is 9.36. The SMILES string of the molecule is Cc1c(COc2cc(OCc3cncc(C#N)c3)c(CNC(CCCNC(=N)N)C(=O)O)cc2Cl)cccc1-c1cccc(OCCCN2CC[C@@H](O)C2)c1. The number of benzene rings is 3. The van der Waals surface area contributed by atoms with Gasteiger partial charge in [-0.05, 0) is 79.1 Å². The molecule has 1 aliphatic rings. The topological polar surface area (TPSA) is 199 Å². The highest BCUT2D eigenvalue weighted by Gasteiger charge is 2.21. The smallest absolute Gasteiger partial charge is 0.320 e. The number of aliphatic carboxylic acids is 1. The zero-order valence-electron chi connectivity index (χ0n) is 30.9. The number of β-amino-alcohol motifs (C(OH)–C–C–N with tert-alkyl or cyclic N) is 1. The van der Waals surface area contributed by atoms with Crippen molar-refractivity contribution in [3.05, 3.63) is 106 Å². The van der Waals surface area contributed by atoms with Gasteiger partial charge in [-0.25, -0.2) is 0 Å². The summed E-state index contributed by atoms with van der Waals surface area (Å²) in [5.74, 6) is 0.428. The summed E-state index contributed by atoms with van der Waals surface area (Å²) in [7, 11) is 0. The molecule has 14 heteroatoms. The Morgan fingerprint density at radius 2 is 1.91 bits per heavy atom. The number of hydrogen-bond acceptors (Lipinski definition) is 10. The summed E-state index contributed by atoms with van der Waals surface area (Å²) in [5.41, 5.74) is 11.1. The van der Waals surface area contributed by atoms with Gasteiger partial charge in [-0.15, -0.1) is 0 Å². The second-order valence-electron chi connectivity index (χ2n) is 13.5. The molecule has 1 aromatic heterocycles. The first kappa shape index (κ1) is 40.8. The van der Waals surface area contributed by atoms with Gasteiger partial charge in [0, 0.05) is 62.3 Å². The van der Waals surface area contributed by atoms with Crippen molar-refractivity contribution in [3.8, 4) is 34.4 Å². The number of aromatic nitrogens is 1. The fourth-order valence-corrected chi connectivity index (χ4v) is 6.62. The highest BCUT2D eigenvalue weighted by molar-refractivity contribution is 6.32. The molecule has 1 aliphatic heterocycles. The molecule has 0 bridgehead atoms. The van der Waals surface area contributed by atoms with Gasteiger partial charge < -0.3 is 45.7 Å². The van der Waals surface area contributed by atoms with Gasteiger partial charge in [0.05, 0.1) is 23.3 Å². The molecule has 0 spiro atoms. The summed E-state index contributed by atoms with van der Waals surface area (Å²) in [6.07, 6.45) is 5.35. The quantitative estimate of drug-likeness (QED) is 0.0382. The van der Waals surface area contributed by atoms with E-state index in [1.165, 1.54) is 6.20 Å². The number of rotatable bonds is 20. The van der Waals surface area contributed by atoms with Gasteiger partial charge in [0.25, 0.3) is 0 Å². The van der Waals surface area contributed by atoms with Crippen LogP contribution in [-0.2, 0) is 24.6 Å². The van der Waals surface area contributed by atoms with E-state index < -0.39 is 12.0 Å². The van der Waals surface area contributed by atoms with E-state index in [0.717, 1.165) is 60.5 Å². The van der Waals surface area contributed by atoms with Crippen LogP contribution < -0.4 is 30.6 Å². The molecule has 0 saturated carbocycles. The predicted molar refractivity (Wildman–Crippen MR) is 210 cm³/mol. The summed E-state index contributed by atoms with van der Waals surface area (Å²) in [6, 6.07) is 20.4. The van der Waals surface area contributed by atoms with E-state index in [1.807, 2.05) is 30.3 Å². The lowest BCUT2D eigenvalue weighted by Gasteiger charge is -2.19. The van der Waals surface area contributed by atoms with Crippen molar-refractivity contribution >= 4 is 23.5 Å². The Hall–Kier alpha value is -5.39. The van der Waals surface area contributed by atoms with Gasteiger partial charge in [-0.1, -0.05) is 41.9 Å². The number of ether oxygens (including phenoxy) is 3. The maximum Gasteiger partial charge on any atom is 0.320 e. The Kier molecular flexibility index (Phi) is 15.1. The van der Waals surface area contributed by atoms with E-state index >= 15 is 0 Å². The predicted octanol–water partition coefficient (Wildman–Crippen LogP) is 5.38. The van der Waals surface area contributed by atoms with E-state index in [0.29, 0.717) is 59.2 Å². The number of aliphatic hydroxyl groups excluding tert-OH is 1. The van der Waals surface area contributed by atoms with Crippen LogP contribution in [0.25, 0.3) is 11.1 Å². The number of nitriles is 1.